The lowest BCUT2D eigenvalue weighted by Gasteiger charge is -2.31. The van der Waals surface area contributed by atoms with Crippen LogP contribution in [0, 0.1) is 6.92 Å². The average Bonchev–Trinajstić information content (AvgIpc) is 3.23. The number of benzene rings is 2. The van der Waals surface area contributed by atoms with Gasteiger partial charge in [-0.3, -0.25) is 0 Å². The number of thiazole rings is 1. The summed E-state index contributed by atoms with van der Waals surface area (Å²) in [7, 11) is 0. The van der Waals surface area contributed by atoms with Crippen molar-refractivity contribution in [1.29, 1.82) is 0 Å². The quantitative estimate of drug-likeness (QED) is 0.412. The predicted octanol–water partition coefficient (Wildman–Crippen LogP) is 5.40. The molecule has 2 aromatic heterocycles. The standard InChI is InChI=1S/C24H23N5O2S/c1-3-31-23(30)16-8-6-9-17(14-16)29-13-7-10-18-15(2)21(27-28-22(18)29)26-24-25-19-11-4-5-12-20(19)32-24/h4-6,8-9,11-12,14H,3,7,10,13H2,1-2H3,(H,25,26,27). The molecule has 162 valence electrons. The molecule has 32 heavy (non-hydrogen) atoms. The lowest BCUT2D eigenvalue weighted by molar-refractivity contribution is 0.0526. The van der Waals surface area contributed by atoms with Gasteiger partial charge in [-0.25, -0.2) is 9.78 Å². The molecule has 0 radical (unpaired) electrons. The number of nitrogens with zero attached hydrogens (tertiary/aromatic N) is 4. The molecule has 0 amide bonds. The molecule has 0 atom stereocenters. The number of hydrogen-bond donors (Lipinski definition) is 1. The van der Waals surface area contributed by atoms with Gasteiger partial charge in [0.1, 0.15) is 0 Å². The van der Waals surface area contributed by atoms with E-state index >= 15 is 0 Å². The molecule has 0 bridgehead atoms. The Kier molecular flexibility index (Phi) is 5.45. The normalized spacial score (nSPS) is 13.1. The molecular weight excluding hydrogens is 422 g/mol. The van der Waals surface area contributed by atoms with E-state index in [0.29, 0.717) is 12.2 Å². The minimum absolute atomic E-state index is 0.316. The number of para-hydroxylation sites is 1. The molecule has 0 saturated heterocycles. The molecular formula is C24H23N5O2S. The molecule has 1 N–H and O–H groups in total. The topological polar surface area (TPSA) is 80.2 Å². The fraction of sp³-hybridized carbons (Fsp3) is 0.250. The lowest BCUT2D eigenvalue weighted by atomic mass is 10.0. The number of fused-ring (bicyclic) bond motifs is 2. The van der Waals surface area contributed by atoms with E-state index < -0.39 is 0 Å². The molecule has 3 heterocycles. The third-order valence-corrected chi connectivity index (χ3v) is 6.53. The summed E-state index contributed by atoms with van der Waals surface area (Å²) in [6, 6.07) is 15.6. The fourth-order valence-corrected chi connectivity index (χ4v) is 4.86. The second-order valence-electron chi connectivity index (χ2n) is 7.61. The van der Waals surface area contributed by atoms with Gasteiger partial charge in [0, 0.05) is 23.4 Å². The Morgan fingerprint density at radius 3 is 2.91 bits per heavy atom. The summed E-state index contributed by atoms with van der Waals surface area (Å²) in [6.07, 6.45) is 1.92. The first kappa shape index (κ1) is 20.4. The van der Waals surface area contributed by atoms with Crippen LogP contribution >= 0.6 is 11.3 Å². The van der Waals surface area contributed by atoms with Crippen molar-refractivity contribution in [2.45, 2.75) is 26.7 Å². The number of nitrogens with one attached hydrogen (secondary N) is 1. The monoisotopic (exact) mass is 445 g/mol. The van der Waals surface area contributed by atoms with E-state index in [9.17, 15) is 4.79 Å². The Hall–Kier alpha value is -3.52. The summed E-state index contributed by atoms with van der Waals surface area (Å²) in [4.78, 5) is 19.0. The summed E-state index contributed by atoms with van der Waals surface area (Å²) >= 11 is 1.60. The van der Waals surface area contributed by atoms with Gasteiger partial charge in [-0.2, -0.15) is 0 Å². The first-order valence-corrected chi connectivity index (χ1v) is 11.5. The summed E-state index contributed by atoms with van der Waals surface area (Å²) in [5.41, 5.74) is 4.65. The number of hydrogen-bond acceptors (Lipinski definition) is 8. The van der Waals surface area contributed by atoms with Gasteiger partial charge < -0.3 is 15.0 Å². The fourth-order valence-electron chi connectivity index (χ4n) is 3.99. The second-order valence-corrected chi connectivity index (χ2v) is 8.64. The molecule has 5 rings (SSSR count). The molecule has 0 fully saturated rings. The molecule has 0 spiro atoms. The van der Waals surface area contributed by atoms with E-state index in [1.54, 1.807) is 24.3 Å². The highest BCUT2D eigenvalue weighted by atomic mass is 32.1. The Bertz CT molecular complexity index is 1270. The van der Waals surface area contributed by atoms with Crippen LogP contribution in [0.15, 0.2) is 48.5 Å². The lowest BCUT2D eigenvalue weighted by Crippen LogP contribution is -2.27. The minimum Gasteiger partial charge on any atom is -0.462 e. The molecule has 0 unspecified atom stereocenters. The molecule has 4 aromatic rings. The number of aromatic nitrogens is 3. The molecule has 0 aliphatic carbocycles. The average molecular weight is 446 g/mol. The maximum atomic E-state index is 12.2. The third-order valence-electron chi connectivity index (χ3n) is 5.57. The maximum Gasteiger partial charge on any atom is 0.338 e. The van der Waals surface area contributed by atoms with Gasteiger partial charge in [-0.15, -0.1) is 10.2 Å². The molecule has 1 aliphatic rings. The van der Waals surface area contributed by atoms with Crippen molar-refractivity contribution < 1.29 is 9.53 Å². The SMILES string of the molecule is CCOC(=O)c1cccc(N2CCCc3c2nnc(Nc2nc4ccccc4s2)c3C)c1. The zero-order chi connectivity index (χ0) is 22.1. The second kappa shape index (κ2) is 8.55. The number of carbonyl (C=O) groups is 1. The van der Waals surface area contributed by atoms with E-state index in [-0.39, 0.29) is 5.97 Å². The van der Waals surface area contributed by atoms with Gasteiger partial charge in [0.05, 0.1) is 22.4 Å². The van der Waals surface area contributed by atoms with Crippen LogP contribution in [0.5, 0.6) is 0 Å². The van der Waals surface area contributed by atoms with Gasteiger partial charge >= 0.3 is 5.97 Å². The van der Waals surface area contributed by atoms with Gasteiger partial charge in [-0.1, -0.05) is 29.5 Å². The Balaban J connectivity index is 1.46. The summed E-state index contributed by atoms with van der Waals surface area (Å²) in [5, 5.41) is 13.2. The van der Waals surface area contributed by atoms with Crippen LogP contribution in [0.1, 0.15) is 34.8 Å². The number of rotatable bonds is 5. The molecule has 2 aromatic carbocycles. The summed E-state index contributed by atoms with van der Waals surface area (Å²) < 4.78 is 6.29. The van der Waals surface area contributed by atoms with E-state index in [4.69, 9.17) is 4.74 Å². The first-order chi connectivity index (χ1) is 15.6. The van der Waals surface area contributed by atoms with Crippen LogP contribution in [0.25, 0.3) is 10.2 Å². The highest BCUT2D eigenvalue weighted by molar-refractivity contribution is 7.22. The largest absolute Gasteiger partial charge is 0.462 e. The van der Waals surface area contributed by atoms with E-state index in [0.717, 1.165) is 63.2 Å². The molecule has 1 aliphatic heterocycles. The van der Waals surface area contributed by atoms with E-state index in [2.05, 4.69) is 38.4 Å². The summed E-state index contributed by atoms with van der Waals surface area (Å²) in [6.45, 7) is 5.05. The Morgan fingerprint density at radius 2 is 2.06 bits per heavy atom. The number of carbonyl (C=O) groups excluding carboxylic acids is 1. The predicted molar refractivity (Wildman–Crippen MR) is 127 cm³/mol. The molecule has 7 nitrogen and oxygen atoms in total. The highest BCUT2D eigenvalue weighted by Gasteiger charge is 2.24. The van der Waals surface area contributed by atoms with Crippen LogP contribution in [-0.4, -0.2) is 34.3 Å². The molecule has 0 saturated carbocycles. The van der Waals surface area contributed by atoms with Gasteiger partial charge in [-0.05, 0) is 57.0 Å². The van der Waals surface area contributed by atoms with Crippen molar-refractivity contribution in [1.82, 2.24) is 15.2 Å². The zero-order valence-corrected chi connectivity index (χ0v) is 18.8. The van der Waals surface area contributed by atoms with Crippen LogP contribution in [0.4, 0.5) is 22.5 Å². The number of esters is 1. The summed E-state index contributed by atoms with van der Waals surface area (Å²) in [5.74, 6) is 1.25. The molecule has 8 heteroatoms. The first-order valence-electron chi connectivity index (χ1n) is 10.7. The Labute approximate surface area is 190 Å². The number of anilines is 4. The van der Waals surface area contributed by atoms with Crippen molar-refractivity contribution in [2.75, 3.05) is 23.4 Å². The van der Waals surface area contributed by atoms with Gasteiger partial charge in [0.25, 0.3) is 0 Å². The van der Waals surface area contributed by atoms with Crippen molar-refractivity contribution in [2.24, 2.45) is 0 Å². The van der Waals surface area contributed by atoms with E-state index in [1.807, 2.05) is 36.4 Å². The zero-order valence-electron chi connectivity index (χ0n) is 18.0. The van der Waals surface area contributed by atoms with Crippen LogP contribution in [-0.2, 0) is 11.2 Å². The van der Waals surface area contributed by atoms with E-state index in [1.165, 1.54) is 0 Å². The van der Waals surface area contributed by atoms with Gasteiger partial charge in [0.2, 0.25) is 0 Å². The third kappa shape index (κ3) is 3.78. The van der Waals surface area contributed by atoms with Crippen molar-refractivity contribution >= 4 is 50.0 Å². The van der Waals surface area contributed by atoms with Crippen molar-refractivity contribution in [3.63, 3.8) is 0 Å². The Morgan fingerprint density at radius 1 is 1.19 bits per heavy atom. The maximum absolute atomic E-state index is 12.2. The van der Waals surface area contributed by atoms with Crippen LogP contribution in [0.3, 0.4) is 0 Å². The minimum atomic E-state index is -0.316. The van der Waals surface area contributed by atoms with Crippen molar-refractivity contribution in [3.8, 4) is 0 Å². The van der Waals surface area contributed by atoms with Crippen LogP contribution < -0.4 is 10.2 Å². The number of ether oxygens (including phenoxy) is 1. The van der Waals surface area contributed by atoms with Crippen molar-refractivity contribution in [3.05, 3.63) is 65.2 Å². The highest BCUT2D eigenvalue weighted by Crippen LogP contribution is 2.36. The smallest absolute Gasteiger partial charge is 0.338 e. The van der Waals surface area contributed by atoms with Crippen LogP contribution in [0.2, 0.25) is 0 Å². The van der Waals surface area contributed by atoms with Gasteiger partial charge in [0.15, 0.2) is 16.8 Å².